The van der Waals surface area contributed by atoms with Gasteiger partial charge in [-0.05, 0) is 61.4 Å². The zero-order valence-electron chi connectivity index (χ0n) is 18.5. The minimum Gasteiger partial charge on any atom is -0.369 e. The molecule has 1 unspecified atom stereocenters. The SMILES string of the molecule is Cc1ccc(C(=O)Nc2ccc(C(=O)C3Nc4ccccc4Cn4ccnc43)cc2)c(C)c1. The molecule has 0 saturated carbocycles. The van der Waals surface area contributed by atoms with Crippen molar-refractivity contribution in [2.24, 2.45) is 0 Å². The van der Waals surface area contributed by atoms with Crippen molar-refractivity contribution in [1.29, 1.82) is 0 Å². The Kier molecular flexibility index (Phi) is 5.26. The maximum absolute atomic E-state index is 13.5. The number of hydrogen-bond donors (Lipinski definition) is 2. The summed E-state index contributed by atoms with van der Waals surface area (Å²) >= 11 is 0. The van der Waals surface area contributed by atoms with Crippen molar-refractivity contribution in [2.75, 3.05) is 10.6 Å². The average molecular weight is 437 g/mol. The lowest BCUT2D eigenvalue weighted by atomic mass is 10.0. The van der Waals surface area contributed by atoms with Crippen molar-refractivity contribution < 1.29 is 9.59 Å². The minimum atomic E-state index is -0.598. The lowest BCUT2D eigenvalue weighted by molar-refractivity contribution is 0.0965. The summed E-state index contributed by atoms with van der Waals surface area (Å²) in [4.78, 5) is 30.6. The number of Topliss-reactive ketones (excluding diaryl/α,β-unsaturated/α-hetero) is 1. The van der Waals surface area contributed by atoms with Crippen molar-refractivity contribution in [3.05, 3.63) is 113 Å². The molecular formula is C27H24N4O2. The van der Waals surface area contributed by atoms with E-state index < -0.39 is 6.04 Å². The van der Waals surface area contributed by atoms with Gasteiger partial charge in [-0.15, -0.1) is 0 Å². The molecule has 1 aromatic heterocycles. The maximum Gasteiger partial charge on any atom is 0.255 e. The summed E-state index contributed by atoms with van der Waals surface area (Å²) in [5.41, 5.74) is 5.89. The summed E-state index contributed by atoms with van der Waals surface area (Å²) in [5.74, 6) is 0.436. The van der Waals surface area contributed by atoms with Crippen molar-refractivity contribution in [3.8, 4) is 0 Å². The van der Waals surface area contributed by atoms with Crippen LogP contribution < -0.4 is 10.6 Å². The van der Waals surface area contributed by atoms with Crippen LogP contribution in [0.2, 0.25) is 0 Å². The lowest BCUT2D eigenvalue weighted by Crippen LogP contribution is -2.23. The van der Waals surface area contributed by atoms with Gasteiger partial charge < -0.3 is 15.2 Å². The molecule has 3 aromatic carbocycles. The first-order valence-corrected chi connectivity index (χ1v) is 10.9. The number of aryl methyl sites for hydroxylation is 2. The van der Waals surface area contributed by atoms with Gasteiger partial charge in [0.05, 0.1) is 6.54 Å². The molecule has 2 heterocycles. The van der Waals surface area contributed by atoms with E-state index in [4.69, 9.17) is 0 Å². The van der Waals surface area contributed by atoms with Gasteiger partial charge in [-0.1, -0.05) is 35.9 Å². The van der Waals surface area contributed by atoms with Gasteiger partial charge in [0, 0.05) is 34.9 Å². The Bertz CT molecular complexity index is 1350. The number of aromatic nitrogens is 2. The molecule has 0 saturated heterocycles. The number of ketones is 1. The number of amides is 1. The Labute approximate surface area is 192 Å². The molecule has 164 valence electrons. The van der Waals surface area contributed by atoms with Gasteiger partial charge in [0.15, 0.2) is 5.78 Å². The lowest BCUT2D eigenvalue weighted by Gasteiger charge is -2.17. The van der Waals surface area contributed by atoms with E-state index in [-0.39, 0.29) is 11.7 Å². The average Bonchev–Trinajstić information content (AvgIpc) is 3.20. The van der Waals surface area contributed by atoms with Crippen LogP contribution in [0.15, 0.2) is 79.1 Å². The van der Waals surface area contributed by atoms with Crippen molar-refractivity contribution in [2.45, 2.75) is 26.4 Å². The standard InChI is InChI=1S/C27H24N4O2/c1-17-7-12-22(18(2)15-17)27(33)29-21-10-8-19(9-11-21)25(32)24-26-28-13-14-31(26)16-20-5-3-4-6-23(20)30-24/h3-15,24,30H,16H2,1-2H3,(H,29,33). The van der Waals surface area contributed by atoms with Gasteiger partial charge in [0.1, 0.15) is 11.9 Å². The van der Waals surface area contributed by atoms with E-state index in [9.17, 15) is 9.59 Å². The first-order valence-electron chi connectivity index (χ1n) is 10.9. The number of rotatable bonds is 4. The van der Waals surface area contributed by atoms with Crippen LogP contribution in [0.1, 0.15) is 49.3 Å². The molecule has 1 atom stereocenters. The number of anilines is 2. The number of hydrogen-bond acceptors (Lipinski definition) is 4. The maximum atomic E-state index is 13.5. The molecule has 1 amide bonds. The highest BCUT2D eigenvalue weighted by molar-refractivity contribution is 6.06. The molecule has 6 nitrogen and oxygen atoms in total. The number of carbonyl (C=O) groups excluding carboxylic acids is 2. The number of imidazole rings is 1. The summed E-state index contributed by atoms with van der Waals surface area (Å²) in [5, 5.41) is 6.29. The van der Waals surface area contributed by atoms with Crippen LogP contribution in [-0.4, -0.2) is 21.2 Å². The van der Waals surface area contributed by atoms with Crippen LogP contribution in [-0.2, 0) is 6.54 Å². The first kappa shape index (κ1) is 20.7. The summed E-state index contributed by atoms with van der Waals surface area (Å²) in [7, 11) is 0. The number of fused-ring (bicyclic) bond motifs is 2. The van der Waals surface area contributed by atoms with Gasteiger partial charge in [-0.2, -0.15) is 0 Å². The number of nitrogens with one attached hydrogen (secondary N) is 2. The molecule has 2 N–H and O–H groups in total. The van der Waals surface area contributed by atoms with Gasteiger partial charge in [-0.3, -0.25) is 9.59 Å². The molecule has 0 aliphatic carbocycles. The minimum absolute atomic E-state index is 0.0774. The summed E-state index contributed by atoms with van der Waals surface area (Å²) < 4.78 is 2.00. The smallest absolute Gasteiger partial charge is 0.255 e. The number of benzene rings is 3. The molecule has 6 heteroatoms. The fourth-order valence-corrected chi connectivity index (χ4v) is 4.25. The van der Waals surface area contributed by atoms with Gasteiger partial charge in [-0.25, -0.2) is 4.98 Å². The fourth-order valence-electron chi connectivity index (χ4n) is 4.25. The first-order chi connectivity index (χ1) is 16.0. The second kappa shape index (κ2) is 8.39. The third kappa shape index (κ3) is 4.03. The third-order valence-corrected chi connectivity index (χ3v) is 5.98. The zero-order chi connectivity index (χ0) is 22.9. The quantitative estimate of drug-likeness (QED) is 0.434. The Morgan fingerprint density at radius 3 is 2.61 bits per heavy atom. The van der Waals surface area contributed by atoms with Crippen molar-refractivity contribution in [1.82, 2.24) is 9.55 Å². The van der Waals surface area contributed by atoms with E-state index >= 15 is 0 Å². The van der Waals surface area contributed by atoms with E-state index in [1.165, 1.54) is 0 Å². The van der Waals surface area contributed by atoms with Crippen LogP contribution in [0, 0.1) is 13.8 Å². The van der Waals surface area contributed by atoms with Crippen molar-refractivity contribution >= 4 is 23.1 Å². The summed E-state index contributed by atoms with van der Waals surface area (Å²) in [6, 6.07) is 20.1. The third-order valence-electron chi connectivity index (χ3n) is 5.98. The van der Waals surface area contributed by atoms with Crippen LogP contribution >= 0.6 is 0 Å². The Balaban J connectivity index is 1.37. The largest absolute Gasteiger partial charge is 0.369 e. The molecule has 33 heavy (non-hydrogen) atoms. The zero-order valence-corrected chi connectivity index (χ0v) is 18.5. The number of nitrogens with zero attached hydrogens (tertiary/aromatic N) is 2. The van der Waals surface area contributed by atoms with Crippen LogP contribution in [0.25, 0.3) is 0 Å². The number of carbonyl (C=O) groups is 2. The molecule has 1 aliphatic heterocycles. The van der Waals surface area contributed by atoms with E-state index in [2.05, 4.69) is 15.6 Å². The van der Waals surface area contributed by atoms with Crippen LogP contribution in [0.5, 0.6) is 0 Å². The Morgan fingerprint density at radius 1 is 1.03 bits per heavy atom. The van der Waals surface area contributed by atoms with Gasteiger partial charge in [0.25, 0.3) is 5.91 Å². The summed E-state index contributed by atoms with van der Waals surface area (Å²) in [6.07, 6.45) is 3.61. The number of para-hydroxylation sites is 1. The fraction of sp³-hybridized carbons (Fsp3) is 0.148. The van der Waals surface area contributed by atoms with Crippen LogP contribution in [0.3, 0.4) is 0 Å². The molecular weight excluding hydrogens is 412 g/mol. The highest BCUT2D eigenvalue weighted by atomic mass is 16.1. The van der Waals surface area contributed by atoms with E-state index in [1.807, 2.05) is 67.1 Å². The predicted octanol–water partition coefficient (Wildman–Crippen LogP) is 5.15. The molecule has 1 aliphatic rings. The van der Waals surface area contributed by atoms with E-state index in [0.717, 1.165) is 22.4 Å². The molecule has 4 aromatic rings. The second-order valence-corrected chi connectivity index (χ2v) is 8.36. The monoisotopic (exact) mass is 436 g/mol. The molecule has 0 radical (unpaired) electrons. The highest BCUT2D eigenvalue weighted by Gasteiger charge is 2.29. The summed E-state index contributed by atoms with van der Waals surface area (Å²) in [6.45, 7) is 4.58. The predicted molar refractivity (Wildman–Crippen MR) is 129 cm³/mol. The van der Waals surface area contributed by atoms with E-state index in [0.29, 0.717) is 29.2 Å². The second-order valence-electron chi connectivity index (χ2n) is 8.36. The van der Waals surface area contributed by atoms with E-state index in [1.54, 1.807) is 30.5 Å². The topological polar surface area (TPSA) is 76.0 Å². The highest BCUT2D eigenvalue weighted by Crippen LogP contribution is 2.30. The molecule has 0 bridgehead atoms. The normalized spacial score (nSPS) is 14.4. The molecule has 0 spiro atoms. The van der Waals surface area contributed by atoms with Gasteiger partial charge >= 0.3 is 0 Å². The van der Waals surface area contributed by atoms with Crippen molar-refractivity contribution in [3.63, 3.8) is 0 Å². The Morgan fingerprint density at radius 2 is 1.82 bits per heavy atom. The molecule has 0 fully saturated rings. The van der Waals surface area contributed by atoms with Crippen LogP contribution in [0.4, 0.5) is 11.4 Å². The Hall–Kier alpha value is -4.19. The molecule has 5 rings (SSSR count). The van der Waals surface area contributed by atoms with Gasteiger partial charge in [0.2, 0.25) is 0 Å².